The second-order valence-electron chi connectivity index (χ2n) is 5.38. The van der Waals surface area contributed by atoms with Crippen molar-refractivity contribution in [3.63, 3.8) is 0 Å². The molecule has 0 fully saturated rings. The highest BCUT2D eigenvalue weighted by atomic mass is 16.2. The highest BCUT2D eigenvalue weighted by molar-refractivity contribution is 5.92. The summed E-state index contributed by atoms with van der Waals surface area (Å²) < 4.78 is 0. The number of unbranched alkanes of at least 4 members (excludes halogenated alkanes) is 3. The first-order valence-electron chi connectivity index (χ1n) is 6.15. The van der Waals surface area contributed by atoms with Gasteiger partial charge < -0.3 is 4.90 Å². The fourth-order valence-electron chi connectivity index (χ4n) is 1.62. The highest BCUT2D eigenvalue weighted by Gasteiger charge is 2.25. The lowest BCUT2D eigenvalue weighted by Gasteiger charge is -2.36. The molecule has 0 aliphatic rings. The van der Waals surface area contributed by atoms with E-state index in [1.807, 2.05) is 25.7 Å². The Hall–Kier alpha value is -1.30. The molecule has 0 rings (SSSR count). The Morgan fingerprint density at radius 2 is 1.88 bits per heavy atom. The lowest BCUT2D eigenvalue weighted by atomic mass is 10.0. The molecule has 0 aromatic heterocycles. The van der Waals surface area contributed by atoms with E-state index in [2.05, 4.69) is 12.6 Å². The molecule has 0 N–H and O–H groups in total. The first-order chi connectivity index (χ1) is 7.80. The number of carbonyl (C=O) groups excluding carboxylic acids is 1. The van der Waals surface area contributed by atoms with Crippen molar-refractivity contribution in [3.8, 4) is 6.07 Å². The number of nitrogens with zero attached hydrogens (tertiary/aromatic N) is 2. The van der Waals surface area contributed by atoms with E-state index in [9.17, 15) is 4.79 Å². The van der Waals surface area contributed by atoms with Crippen molar-refractivity contribution in [2.45, 2.75) is 58.9 Å². The summed E-state index contributed by atoms with van der Waals surface area (Å²) in [4.78, 5) is 13.8. The van der Waals surface area contributed by atoms with Gasteiger partial charge in [0.05, 0.1) is 6.07 Å². The standard InChI is InChI=1S/C14H24N2O/c1-12(2)13(17)16(14(3,4)5)11-9-7-6-8-10-15/h1,6-9,11H2,2-5H3. The zero-order valence-corrected chi connectivity index (χ0v) is 11.5. The Balaban J connectivity index is 4.29. The van der Waals surface area contributed by atoms with E-state index in [4.69, 9.17) is 5.26 Å². The molecule has 0 bridgehead atoms. The van der Waals surface area contributed by atoms with Crippen LogP contribution in [-0.4, -0.2) is 22.9 Å². The first kappa shape index (κ1) is 15.7. The zero-order chi connectivity index (χ0) is 13.5. The van der Waals surface area contributed by atoms with Gasteiger partial charge in [-0.05, 0) is 40.5 Å². The SMILES string of the molecule is C=C(C)C(=O)N(CCCCCC#N)C(C)(C)C. The Kier molecular flexibility index (Phi) is 6.57. The molecule has 17 heavy (non-hydrogen) atoms. The van der Waals surface area contributed by atoms with Crippen LogP contribution in [0.3, 0.4) is 0 Å². The topological polar surface area (TPSA) is 44.1 Å². The molecule has 0 aromatic carbocycles. The summed E-state index contributed by atoms with van der Waals surface area (Å²) in [5.41, 5.74) is 0.405. The molecule has 96 valence electrons. The van der Waals surface area contributed by atoms with Crippen LogP contribution in [0.15, 0.2) is 12.2 Å². The predicted octanol–water partition coefficient (Wildman–Crippen LogP) is 3.27. The van der Waals surface area contributed by atoms with Crippen LogP contribution in [-0.2, 0) is 4.79 Å². The van der Waals surface area contributed by atoms with E-state index < -0.39 is 0 Å². The van der Waals surface area contributed by atoms with Gasteiger partial charge in [0.25, 0.3) is 0 Å². The maximum Gasteiger partial charge on any atom is 0.249 e. The summed E-state index contributed by atoms with van der Waals surface area (Å²) >= 11 is 0. The number of nitriles is 1. The third kappa shape index (κ3) is 6.11. The van der Waals surface area contributed by atoms with E-state index in [0.29, 0.717) is 12.0 Å². The molecule has 0 atom stereocenters. The molecule has 0 aromatic rings. The Labute approximate surface area is 105 Å². The summed E-state index contributed by atoms with van der Waals surface area (Å²) in [7, 11) is 0. The Bertz CT molecular complexity index is 307. The van der Waals surface area contributed by atoms with Gasteiger partial charge in [-0.25, -0.2) is 0 Å². The van der Waals surface area contributed by atoms with Crippen molar-refractivity contribution in [1.29, 1.82) is 5.26 Å². The smallest absolute Gasteiger partial charge is 0.249 e. The van der Waals surface area contributed by atoms with Crippen molar-refractivity contribution in [2.24, 2.45) is 0 Å². The van der Waals surface area contributed by atoms with Crippen LogP contribution in [0, 0.1) is 11.3 Å². The molecule has 0 unspecified atom stereocenters. The van der Waals surface area contributed by atoms with Crippen molar-refractivity contribution < 1.29 is 4.79 Å². The van der Waals surface area contributed by atoms with Crippen LogP contribution in [0.25, 0.3) is 0 Å². The van der Waals surface area contributed by atoms with Crippen LogP contribution in [0.4, 0.5) is 0 Å². The van der Waals surface area contributed by atoms with Gasteiger partial charge in [-0.1, -0.05) is 13.0 Å². The van der Waals surface area contributed by atoms with E-state index in [0.717, 1.165) is 25.8 Å². The zero-order valence-electron chi connectivity index (χ0n) is 11.5. The fraction of sp³-hybridized carbons (Fsp3) is 0.714. The van der Waals surface area contributed by atoms with Gasteiger partial charge in [0.1, 0.15) is 0 Å². The van der Waals surface area contributed by atoms with Crippen LogP contribution in [0.2, 0.25) is 0 Å². The van der Waals surface area contributed by atoms with E-state index in [-0.39, 0.29) is 11.4 Å². The predicted molar refractivity (Wildman–Crippen MR) is 70.4 cm³/mol. The van der Waals surface area contributed by atoms with Crippen molar-refractivity contribution in [3.05, 3.63) is 12.2 Å². The van der Waals surface area contributed by atoms with Crippen LogP contribution >= 0.6 is 0 Å². The molecule has 0 saturated carbocycles. The van der Waals surface area contributed by atoms with Gasteiger partial charge >= 0.3 is 0 Å². The molecule has 0 spiro atoms. The Morgan fingerprint density at radius 3 is 2.29 bits per heavy atom. The lowest BCUT2D eigenvalue weighted by molar-refractivity contribution is -0.131. The first-order valence-corrected chi connectivity index (χ1v) is 6.15. The van der Waals surface area contributed by atoms with Gasteiger partial charge in [0.15, 0.2) is 0 Å². The molecule has 0 heterocycles. The number of amides is 1. The third-order valence-electron chi connectivity index (χ3n) is 2.59. The van der Waals surface area contributed by atoms with Gasteiger partial charge in [-0.15, -0.1) is 0 Å². The van der Waals surface area contributed by atoms with Crippen LogP contribution in [0.1, 0.15) is 53.4 Å². The van der Waals surface area contributed by atoms with Gasteiger partial charge in [-0.2, -0.15) is 5.26 Å². The maximum absolute atomic E-state index is 12.0. The number of hydrogen-bond acceptors (Lipinski definition) is 2. The molecule has 0 aliphatic carbocycles. The summed E-state index contributed by atoms with van der Waals surface area (Å²) in [5, 5.41) is 8.44. The lowest BCUT2D eigenvalue weighted by Crippen LogP contribution is -2.46. The molecular weight excluding hydrogens is 212 g/mol. The van der Waals surface area contributed by atoms with E-state index in [1.165, 1.54) is 0 Å². The summed E-state index contributed by atoms with van der Waals surface area (Å²) in [5.74, 6) is 0.0257. The molecule has 1 amide bonds. The molecule has 0 radical (unpaired) electrons. The van der Waals surface area contributed by atoms with Crippen molar-refractivity contribution >= 4 is 5.91 Å². The maximum atomic E-state index is 12.0. The third-order valence-corrected chi connectivity index (χ3v) is 2.59. The summed E-state index contributed by atoms with van der Waals surface area (Å²) in [6, 6.07) is 2.13. The van der Waals surface area contributed by atoms with Gasteiger partial charge in [-0.3, -0.25) is 4.79 Å². The van der Waals surface area contributed by atoms with Crippen molar-refractivity contribution in [2.75, 3.05) is 6.54 Å². The molecule has 3 heteroatoms. The highest BCUT2D eigenvalue weighted by Crippen LogP contribution is 2.17. The quantitative estimate of drug-likeness (QED) is 0.525. The van der Waals surface area contributed by atoms with Crippen LogP contribution < -0.4 is 0 Å². The summed E-state index contributed by atoms with van der Waals surface area (Å²) in [6.07, 6.45) is 3.45. The number of carbonyl (C=O) groups is 1. The summed E-state index contributed by atoms with van der Waals surface area (Å²) in [6.45, 7) is 12.3. The van der Waals surface area contributed by atoms with E-state index >= 15 is 0 Å². The minimum atomic E-state index is -0.175. The number of hydrogen-bond donors (Lipinski definition) is 0. The molecule has 3 nitrogen and oxygen atoms in total. The molecule has 0 aliphatic heterocycles. The molecular formula is C14H24N2O. The second kappa shape index (κ2) is 7.11. The average molecular weight is 236 g/mol. The number of rotatable bonds is 6. The minimum absolute atomic E-state index is 0.0257. The Morgan fingerprint density at radius 1 is 1.29 bits per heavy atom. The molecule has 0 saturated heterocycles. The van der Waals surface area contributed by atoms with Gasteiger partial charge in [0.2, 0.25) is 5.91 Å². The average Bonchev–Trinajstić information content (AvgIpc) is 2.20. The monoisotopic (exact) mass is 236 g/mol. The van der Waals surface area contributed by atoms with E-state index in [1.54, 1.807) is 6.92 Å². The van der Waals surface area contributed by atoms with Crippen LogP contribution in [0.5, 0.6) is 0 Å². The largest absolute Gasteiger partial charge is 0.334 e. The normalized spacial score (nSPS) is 10.8. The second-order valence-corrected chi connectivity index (χ2v) is 5.38. The fourth-order valence-corrected chi connectivity index (χ4v) is 1.62. The van der Waals surface area contributed by atoms with Crippen molar-refractivity contribution in [1.82, 2.24) is 4.90 Å². The minimum Gasteiger partial charge on any atom is -0.334 e. The van der Waals surface area contributed by atoms with Gasteiger partial charge in [0, 0.05) is 24.1 Å².